The number of aryl methyl sites for hydroxylation is 1. The van der Waals surface area contributed by atoms with Crippen LogP contribution in [0.3, 0.4) is 0 Å². The molecule has 1 aliphatic rings. The number of aromatic nitrogens is 2. The molecule has 1 aliphatic heterocycles. The molecule has 0 radical (unpaired) electrons. The summed E-state index contributed by atoms with van der Waals surface area (Å²) in [7, 11) is 8.10. The fraction of sp³-hybridized carbons (Fsp3) is 0.786. The Morgan fingerprint density at radius 3 is 2.80 bits per heavy atom. The zero-order valence-corrected chi connectivity index (χ0v) is 13.3. The van der Waals surface area contributed by atoms with Gasteiger partial charge in [-0.05, 0) is 28.1 Å². The summed E-state index contributed by atoms with van der Waals surface area (Å²) in [5.74, 6) is 0.868. The normalized spacial score (nSPS) is 22.9. The predicted molar refractivity (Wildman–Crippen MR) is 80.2 cm³/mol. The molecule has 2 rings (SSSR count). The van der Waals surface area contributed by atoms with E-state index in [2.05, 4.69) is 41.2 Å². The van der Waals surface area contributed by atoms with E-state index >= 15 is 0 Å². The molecule has 20 heavy (non-hydrogen) atoms. The molecular formula is C14H27N5O. The molecule has 0 aliphatic carbocycles. The maximum absolute atomic E-state index is 5.51. The number of methoxy groups -OCH3 is 1. The average Bonchev–Trinajstić information content (AvgIpc) is 2.86. The van der Waals surface area contributed by atoms with Crippen molar-refractivity contribution < 1.29 is 4.74 Å². The van der Waals surface area contributed by atoms with Gasteiger partial charge in [0.05, 0.1) is 25.0 Å². The van der Waals surface area contributed by atoms with Crippen LogP contribution in [0.15, 0.2) is 6.20 Å². The smallest absolute Gasteiger partial charge is 0.161 e. The Bertz CT molecular complexity index is 412. The van der Waals surface area contributed by atoms with E-state index in [0.717, 1.165) is 37.6 Å². The number of hydrogen-bond donors (Lipinski definition) is 1. The van der Waals surface area contributed by atoms with Gasteiger partial charge in [0.25, 0.3) is 0 Å². The van der Waals surface area contributed by atoms with Gasteiger partial charge >= 0.3 is 0 Å². The standard InChI is InChI=1S/C14H27N5O/c1-6-19-14(12(20-5)9-16-19)13(15-2)11-10-17(3)7-8-18(11)4/h9,11,13,15H,6-8,10H2,1-5H3. The van der Waals surface area contributed by atoms with Crippen LogP contribution in [0.25, 0.3) is 0 Å². The SMILES string of the molecule is CCn1ncc(OC)c1C(NC)C1CN(C)CCN1C. The van der Waals surface area contributed by atoms with Gasteiger partial charge in [-0.25, -0.2) is 0 Å². The molecule has 1 saturated heterocycles. The van der Waals surface area contributed by atoms with Crippen LogP contribution in [0.5, 0.6) is 5.75 Å². The third-order valence-electron chi connectivity index (χ3n) is 4.25. The number of ether oxygens (including phenoxy) is 1. The van der Waals surface area contributed by atoms with E-state index in [1.54, 1.807) is 7.11 Å². The van der Waals surface area contributed by atoms with Gasteiger partial charge < -0.3 is 15.0 Å². The molecule has 6 heteroatoms. The van der Waals surface area contributed by atoms with Gasteiger partial charge in [0.1, 0.15) is 0 Å². The molecule has 1 aromatic rings. The zero-order valence-electron chi connectivity index (χ0n) is 13.3. The zero-order chi connectivity index (χ0) is 14.7. The number of piperazine rings is 1. The van der Waals surface area contributed by atoms with Crippen molar-refractivity contribution in [2.24, 2.45) is 0 Å². The van der Waals surface area contributed by atoms with E-state index in [4.69, 9.17) is 4.74 Å². The molecule has 0 saturated carbocycles. The van der Waals surface area contributed by atoms with Crippen molar-refractivity contribution in [2.45, 2.75) is 25.6 Å². The molecule has 0 spiro atoms. The number of rotatable bonds is 5. The van der Waals surface area contributed by atoms with Crippen LogP contribution >= 0.6 is 0 Å². The van der Waals surface area contributed by atoms with Crippen LogP contribution < -0.4 is 10.1 Å². The van der Waals surface area contributed by atoms with Gasteiger partial charge in [-0.2, -0.15) is 5.10 Å². The highest BCUT2D eigenvalue weighted by atomic mass is 16.5. The molecule has 0 bridgehead atoms. The van der Waals surface area contributed by atoms with Crippen molar-refractivity contribution in [3.05, 3.63) is 11.9 Å². The Morgan fingerprint density at radius 2 is 2.20 bits per heavy atom. The topological polar surface area (TPSA) is 45.6 Å². The van der Waals surface area contributed by atoms with E-state index in [1.165, 1.54) is 0 Å². The van der Waals surface area contributed by atoms with E-state index < -0.39 is 0 Å². The van der Waals surface area contributed by atoms with Crippen molar-refractivity contribution in [1.29, 1.82) is 0 Å². The quantitative estimate of drug-likeness (QED) is 0.847. The molecule has 114 valence electrons. The van der Waals surface area contributed by atoms with Crippen LogP contribution in [0, 0.1) is 0 Å². The Labute approximate surface area is 121 Å². The van der Waals surface area contributed by atoms with Gasteiger partial charge in [-0.3, -0.25) is 9.58 Å². The summed E-state index contributed by atoms with van der Waals surface area (Å²) in [5.41, 5.74) is 1.14. The van der Waals surface area contributed by atoms with Crippen molar-refractivity contribution in [2.75, 3.05) is 47.9 Å². The Morgan fingerprint density at radius 1 is 1.45 bits per heavy atom. The fourth-order valence-corrected chi connectivity index (χ4v) is 3.02. The minimum atomic E-state index is 0.208. The van der Waals surface area contributed by atoms with Crippen molar-refractivity contribution in [3.8, 4) is 5.75 Å². The first-order chi connectivity index (χ1) is 9.62. The van der Waals surface area contributed by atoms with Crippen molar-refractivity contribution in [3.63, 3.8) is 0 Å². The van der Waals surface area contributed by atoms with Crippen molar-refractivity contribution >= 4 is 0 Å². The Hall–Kier alpha value is -1.11. The highest BCUT2D eigenvalue weighted by Crippen LogP contribution is 2.30. The lowest BCUT2D eigenvalue weighted by molar-refractivity contribution is 0.0866. The summed E-state index contributed by atoms with van der Waals surface area (Å²) in [6, 6.07) is 0.620. The summed E-state index contributed by atoms with van der Waals surface area (Å²) in [4.78, 5) is 4.81. The first-order valence-electron chi connectivity index (χ1n) is 7.28. The van der Waals surface area contributed by atoms with E-state index in [1.807, 2.05) is 17.9 Å². The van der Waals surface area contributed by atoms with Crippen LogP contribution in [0.2, 0.25) is 0 Å². The average molecular weight is 281 g/mol. The van der Waals surface area contributed by atoms with Crippen molar-refractivity contribution in [1.82, 2.24) is 24.9 Å². The lowest BCUT2D eigenvalue weighted by Gasteiger charge is -2.42. The largest absolute Gasteiger partial charge is 0.493 e. The third-order valence-corrected chi connectivity index (χ3v) is 4.25. The fourth-order valence-electron chi connectivity index (χ4n) is 3.02. The first-order valence-corrected chi connectivity index (χ1v) is 7.28. The molecule has 1 N–H and O–H groups in total. The van der Waals surface area contributed by atoms with E-state index in [0.29, 0.717) is 6.04 Å². The summed E-state index contributed by atoms with van der Waals surface area (Å²) in [6.45, 7) is 6.21. The molecular weight excluding hydrogens is 254 g/mol. The Kier molecular flexibility index (Phi) is 5.01. The monoisotopic (exact) mass is 281 g/mol. The third kappa shape index (κ3) is 2.82. The predicted octanol–water partition coefficient (Wildman–Crippen LogP) is 0.418. The van der Waals surface area contributed by atoms with Crippen LogP contribution in [-0.4, -0.2) is 73.5 Å². The summed E-state index contributed by atoms with van der Waals surface area (Å²) < 4.78 is 7.54. The maximum atomic E-state index is 5.51. The molecule has 0 amide bonds. The van der Waals surface area contributed by atoms with Gasteiger partial charge in [0.2, 0.25) is 0 Å². The molecule has 2 atom stereocenters. The molecule has 0 aromatic carbocycles. The lowest BCUT2D eigenvalue weighted by Crippen LogP contribution is -2.55. The minimum Gasteiger partial charge on any atom is -0.493 e. The number of nitrogens with zero attached hydrogens (tertiary/aromatic N) is 4. The molecule has 2 heterocycles. The van der Waals surface area contributed by atoms with Gasteiger partial charge in [0.15, 0.2) is 5.75 Å². The lowest BCUT2D eigenvalue weighted by atomic mass is 10.00. The minimum absolute atomic E-state index is 0.208. The second-order valence-electron chi connectivity index (χ2n) is 5.49. The molecule has 2 unspecified atom stereocenters. The van der Waals surface area contributed by atoms with Crippen LogP contribution in [-0.2, 0) is 6.54 Å². The van der Waals surface area contributed by atoms with Gasteiger partial charge in [0, 0.05) is 32.2 Å². The van der Waals surface area contributed by atoms with E-state index in [9.17, 15) is 0 Å². The van der Waals surface area contributed by atoms with E-state index in [-0.39, 0.29) is 6.04 Å². The molecule has 6 nitrogen and oxygen atoms in total. The molecule has 1 aromatic heterocycles. The summed E-state index contributed by atoms with van der Waals surface area (Å²) in [5, 5.41) is 7.90. The van der Waals surface area contributed by atoms with Crippen LogP contribution in [0.4, 0.5) is 0 Å². The van der Waals surface area contributed by atoms with Gasteiger partial charge in [-0.1, -0.05) is 0 Å². The number of hydrogen-bond acceptors (Lipinski definition) is 5. The maximum Gasteiger partial charge on any atom is 0.161 e. The highest BCUT2D eigenvalue weighted by molar-refractivity contribution is 5.30. The first kappa shape index (κ1) is 15.3. The molecule has 1 fully saturated rings. The number of likely N-dealkylation sites (N-methyl/N-ethyl adjacent to an activating group) is 3. The Balaban J connectivity index is 2.33. The second-order valence-corrected chi connectivity index (χ2v) is 5.49. The summed E-state index contributed by atoms with van der Waals surface area (Å²) in [6.07, 6.45) is 1.82. The highest BCUT2D eigenvalue weighted by Gasteiger charge is 2.33. The van der Waals surface area contributed by atoms with Crippen LogP contribution in [0.1, 0.15) is 18.7 Å². The summed E-state index contributed by atoms with van der Waals surface area (Å²) >= 11 is 0. The second kappa shape index (κ2) is 6.56. The number of nitrogens with one attached hydrogen (secondary N) is 1. The van der Waals surface area contributed by atoms with Gasteiger partial charge in [-0.15, -0.1) is 0 Å².